The molecule has 3 aliphatic rings. The SMILES string of the molecule is NC(=O)C(=O)[C@H](Cc1ccccc1)NC(=O)[C@@H]1CCCN1c1ccccc1.O=C(O)C1CCCC1.O=C(O)[C@@H]1CCCN1c1ccccc1. The van der Waals surface area contributed by atoms with Crippen LogP contribution in [0.3, 0.4) is 0 Å². The molecule has 3 aromatic carbocycles. The monoisotopic (exact) mass is 670 g/mol. The van der Waals surface area contributed by atoms with E-state index < -0.39 is 29.7 Å². The number of carbonyl (C=O) groups excluding carboxylic acids is 3. The first-order valence-electron chi connectivity index (χ1n) is 16.9. The van der Waals surface area contributed by atoms with E-state index in [4.69, 9.17) is 15.9 Å². The van der Waals surface area contributed by atoms with Gasteiger partial charge in [0.2, 0.25) is 11.7 Å². The molecule has 0 unspecified atom stereocenters. The number of anilines is 2. The normalized spacial score (nSPS) is 19.1. The van der Waals surface area contributed by atoms with Crippen LogP contribution >= 0.6 is 0 Å². The van der Waals surface area contributed by atoms with Crippen molar-refractivity contribution in [3.05, 3.63) is 96.6 Å². The number of para-hydroxylation sites is 2. The molecule has 49 heavy (non-hydrogen) atoms. The predicted octanol–water partition coefficient (Wildman–Crippen LogP) is 4.44. The third-order valence-electron chi connectivity index (χ3n) is 9.13. The molecule has 1 saturated carbocycles. The number of aliphatic carboxylic acids is 2. The molecule has 0 radical (unpaired) electrons. The lowest BCUT2D eigenvalue weighted by Crippen LogP contribution is -2.52. The fraction of sp³-hybridized carbons (Fsp3) is 0.395. The number of nitrogens with one attached hydrogen (secondary N) is 1. The Morgan fingerprint density at radius 2 is 1.12 bits per heavy atom. The third kappa shape index (κ3) is 10.7. The summed E-state index contributed by atoms with van der Waals surface area (Å²) in [6, 6.07) is 27.0. The maximum absolute atomic E-state index is 12.9. The molecule has 3 atom stereocenters. The number of hydrogen-bond donors (Lipinski definition) is 4. The second-order valence-corrected chi connectivity index (χ2v) is 12.5. The molecule has 5 N–H and O–H groups in total. The van der Waals surface area contributed by atoms with Crippen molar-refractivity contribution in [2.75, 3.05) is 22.9 Å². The van der Waals surface area contributed by atoms with Gasteiger partial charge in [-0.05, 0) is 68.4 Å². The second-order valence-electron chi connectivity index (χ2n) is 12.5. The number of carboxylic acids is 2. The Bertz CT molecular complexity index is 1530. The van der Waals surface area contributed by atoms with Gasteiger partial charge in [-0.25, -0.2) is 4.79 Å². The molecule has 3 aromatic rings. The molecule has 260 valence electrons. The Balaban J connectivity index is 0.000000202. The summed E-state index contributed by atoms with van der Waals surface area (Å²) in [5.41, 5.74) is 8.02. The molecule has 0 bridgehead atoms. The first-order valence-corrected chi connectivity index (χ1v) is 16.9. The number of nitrogens with zero attached hydrogens (tertiary/aromatic N) is 2. The average molecular weight is 671 g/mol. The van der Waals surface area contributed by atoms with Crippen LogP contribution < -0.4 is 20.9 Å². The number of nitrogens with two attached hydrogens (primary N) is 1. The Hall–Kier alpha value is -5.19. The molecule has 2 saturated heterocycles. The van der Waals surface area contributed by atoms with Crippen molar-refractivity contribution in [3.63, 3.8) is 0 Å². The highest BCUT2D eigenvalue weighted by Gasteiger charge is 2.34. The van der Waals surface area contributed by atoms with Gasteiger partial charge in [0.15, 0.2) is 0 Å². The van der Waals surface area contributed by atoms with Crippen LogP contribution in [0.5, 0.6) is 0 Å². The summed E-state index contributed by atoms with van der Waals surface area (Å²) >= 11 is 0. The lowest BCUT2D eigenvalue weighted by molar-refractivity contribution is -0.141. The molecule has 2 heterocycles. The van der Waals surface area contributed by atoms with Gasteiger partial charge in [0, 0.05) is 30.9 Å². The van der Waals surface area contributed by atoms with E-state index in [1.807, 2.05) is 101 Å². The Labute approximate surface area is 287 Å². The zero-order chi connectivity index (χ0) is 35.2. The van der Waals surface area contributed by atoms with Gasteiger partial charge in [-0.2, -0.15) is 0 Å². The Kier molecular flexibility index (Phi) is 13.7. The molecule has 11 nitrogen and oxygen atoms in total. The van der Waals surface area contributed by atoms with Crippen LogP contribution in [0.25, 0.3) is 0 Å². The zero-order valence-electron chi connectivity index (χ0n) is 27.7. The van der Waals surface area contributed by atoms with Crippen LogP contribution in [0, 0.1) is 5.92 Å². The summed E-state index contributed by atoms with van der Waals surface area (Å²) in [6.07, 6.45) is 7.55. The molecule has 0 spiro atoms. The molecule has 1 aliphatic carbocycles. The van der Waals surface area contributed by atoms with E-state index in [-0.39, 0.29) is 30.3 Å². The van der Waals surface area contributed by atoms with Crippen molar-refractivity contribution in [2.24, 2.45) is 11.7 Å². The minimum absolute atomic E-state index is 0.0185. The predicted molar refractivity (Wildman–Crippen MR) is 187 cm³/mol. The minimum Gasteiger partial charge on any atom is -0.481 e. The van der Waals surface area contributed by atoms with Gasteiger partial charge < -0.3 is 31.1 Å². The minimum atomic E-state index is -1.04. The zero-order valence-corrected chi connectivity index (χ0v) is 27.7. The second kappa shape index (κ2) is 18.4. The van der Waals surface area contributed by atoms with Crippen LogP contribution in [0.1, 0.15) is 56.9 Å². The molecule has 6 rings (SSSR count). The summed E-state index contributed by atoms with van der Waals surface area (Å²) in [6.45, 7) is 1.62. The van der Waals surface area contributed by atoms with Crippen molar-refractivity contribution in [2.45, 2.75) is 75.9 Å². The van der Waals surface area contributed by atoms with E-state index in [1.54, 1.807) is 0 Å². The van der Waals surface area contributed by atoms with E-state index in [0.717, 1.165) is 75.0 Å². The van der Waals surface area contributed by atoms with Crippen LogP contribution in [-0.4, -0.2) is 71.0 Å². The molecule has 3 fully saturated rings. The number of carboxylic acid groups (broad SMARTS) is 2. The van der Waals surface area contributed by atoms with E-state index in [9.17, 15) is 24.0 Å². The van der Waals surface area contributed by atoms with Crippen LogP contribution in [0.4, 0.5) is 11.4 Å². The molecular formula is C38H46N4O7. The maximum Gasteiger partial charge on any atom is 0.326 e. The quantitative estimate of drug-likeness (QED) is 0.228. The van der Waals surface area contributed by atoms with Crippen LogP contribution in [0.2, 0.25) is 0 Å². The summed E-state index contributed by atoms with van der Waals surface area (Å²) in [7, 11) is 0. The number of amides is 2. The first-order chi connectivity index (χ1) is 23.7. The van der Waals surface area contributed by atoms with Crippen LogP contribution in [-0.2, 0) is 30.4 Å². The summed E-state index contributed by atoms with van der Waals surface area (Å²) in [5, 5.41) is 20.2. The van der Waals surface area contributed by atoms with Gasteiger partial charge >= 0.3 is 11.9 Å². The highest BCUT2D eigenvalue weighted by atomic mass is 16.4. The average Bonchev–Trinajstić information content (AvgIpc) is 3.92. The summed E-state index contributed by atoms with van der Waals surface area (Å²) in [5.74, 6) is -3.42. The summed E-state index contributed by atoms with van der Waals surface area (Å²) in [4.78, 5) is 61.7. The van der Waals surface area contributed by atoms with Gasteiger partial charge in [-0.15, -0.1) is 0 Å². The van der Waals surface area contributed by atoms with E-state index in [2.05, 4.69) is 5.32 Å². The number of hydrogen-bond acceptors (Lipinski definition) is 7. The van der Waals surface area contributed by atoms with Crippen LogP contribution in [0.15, 0.2) is 91.0 Å². The largest absolute Gasteiger partial charge is 0.481 e. The van der Waals surface area contributed by atoms with E-state index in [1.165, 1.54) is 0 Å². The van der Waals surface area contributed by atoms with Crippen molar-refractivity contribution in [1.29, 1.82) is 0 Å². The van der Waals surface area contributed by atoms with E-state index >= 15 is 0 Å². The van der Waals surface area contributed by atoms with Gasteiger partial charge in [0.1, 0.15) is 18.1 Å². The fourth-order valence-corrected chi connectivity index (χ4v) is 6.59. The first kappa shape index (κ1) is 36.6. The van der Waals surface area contributed by atoms with Crippen molar-refractivity contribution >= 4 is 40.9 Å². The summed E-state index contributed by atoms with van der Waals surface area (Å²) < 4.78 is 0. The van der Waals surface area contributed by atoms with E-state index in [0.29, 0.717) is 6.42 Å². The number of rotatable bonds is 10. The van der Waals surface area contributed by atoms with Gasteiger partial charge in [0.05, 0.1) is 5.92 Å². The molecule has 2 amide bonds. The lowest BCUT2D eigenvalue weighted by atomic mass is 10.0. The maximum atomic E-state index is 12.9. The fourth-order valence-electron chi connectivity index (χ4n) is 6.59. The highest BCUT2D eigenvalue weighted by Crippen LogP contribution is 2.27. The number of benzene rings is 3. The number of carbonyl (C=O) groups is 5. The Morgan fingerprint density at radius 1 is 0.653 bits per heavy atom. The van der Waals surface area contributed by atoms with Gasteiger partial charge in [-0.3, -0.25) is 19.2 Å². The number of Topliss-reactive ketones (excluding diaryl/α,β-unsaturated/α-hetero) is 1. The lowest BCUT2D eigenvalue weighted by Gasteiger charge is -2.27. The van der Waals surface area contributed by atoms with Gasteiger partial charge in [0.25, 0.3) is 5.91 Å². The molecule has 2 aliphatic heterocycles. The number of primary amides is 1. The van der Waals surface area contributed by atoms with Crippen molar-refractivity contribution in [3.8, 4) is 0 Å². The van der Waals surface area contributed by atoms with Gasteiger partial charge in [-0.1, -0.05) is 79.6 Å². The van der Waals surface area contributed by atoms with Crippen molar-refractivity contribution in [1.82, 2.24) is 5.32 Å². The number of ketones is 1. The third-order valence-corrected chi connectivity index (χ3v) is 9.13. The molecule has 11 heteroatoms. The van der Waals surface area contributed by atoms with Crippen molar-refractivity contribution < 1.29 is 34.2 Å². The molecular weight excluding hydrogens is 624 g/mol. The Morgan fingerprint density at radius 3 is 1.57 bits per heavy atom. The molecule has 0 aromatic heterocycles. The smallest absolute Gasteiger partial charge is 0.326 e. The highest BCUT2D eigenvalue weighted by molar-refractivity contribution is 6.38. The standard InChI is InChI=1S/C21H23N3O3.C11H13NO2.C6H10O2/c22-20(26)19(25)17(14-15-8-3-1-4-9-15)23-21(27)18-12-7-13-24(18)16-10-5-2-6-11-16;13-11(14)10-7-4-8-12(10)9-5-2-1-3-6-9;7-6(8)5-3-1-2-4-5/h1-6,8-11,17-18H,7,12-14H2,(H2,22,26)(H,23,27);1-3,5-6,10H,4,7-8H2,(H,13,14);5H,1-4H2,(H,7,8)/t17-,18-;10-;/m00./s1. The topological polar surface area (TPSA) is 170 Å².